The molecule has 0 atom stereocenters. The molecule has 0 aliphatic heterocycles. The third-order valence-electron chi connectivity index (χ3n) is 3.01. The molecule has 0 saturated heterocycles. The van der Waals surface area contributed by atoms with Gasteiger partial charge in [-0.1, -0.05) is 6.07 Å². The summed E-state index contributed by atoms with van der Waals surface area (Å²) in [7, 11) is -3.86. The van der Waals surface area contributed by atoms with Crippen molar-refractivity contribution < 1.29 is 13.3 Å². The molecule has 2 aromatic heterocycles. The van der Waals surface area contributed by atoms with E-state index >= 15 is 0 Å². The predicted octanol–water partition coefficient (Wildman–Crippen LogP) is 3.25. The maximum atomic E-state index is 12.3. The van der Waals surface area contributed by atoms with Crippen LogP contribution in [0.2, 0.25) is 0 Å². The Morgan fingerprint density at radius 2 is 1.83 bits per heavy atom. The number of nitrogens with zero attached hydrogens (tertiary/aromatic N) is 2. The van der Waals surface area contributed by atoms with E-state index < -0.39 is 14.9 Å². The lowest BCUT2D eigenvalue weighted by molar-refractivity contribution is -0.380. The highest BCUT2D eigenvalue weighted by atomic mass is 32.2. The van der Waals surface area contributed by atoms with Crippen molar-refractivity contribution in [3.8, 4) is 5.69 Å². The van der Waals surface area contributed by atoms with Gasteiger partial charge in [0.15, 0.2) is 0 Å². The van der Waals surface area contributed by atoms with Crippen LogP contribution in [0.5, 0.6) is 0 Å². The molecule has 3 rings (SSSR count). The van der Waals surface area contributed by atoms with E-state index in [9.17, 15) is 18.5 Å². The molecule has 0 radical (unpaired) electrons. The van der Waals surface area contributed by atoms with Gasteiger partial charge in [0, 0.05) is 24.1 Å². The highest BCUT2D eigenvalue weighted by molar-refractivity contribution is 7.94. The fraction of sp³-hybridized carbons (Fsp3) is 0. The number of thiophene rings is 1. The summed E-state index contributed by atoms with van der Waals surface area (Å²) in [6.45, 7) is 0. The van der Waals surface area contributed by atoms with Crippen molar-refractivity contribution in [3.05, 3.63) is 71.0 Å². The molecule has 0 unspecified atom stereocenters. The van der Waals surface area contributed by atoms with Gasteiger partial charge < -0.3 is 4.57 Å². The number of hydrogen-bond donors (Lipinski definition) is 1. The molecular weight excluding hydrogens is 338 g/mol. The molecule has 0 aliphatic carbocycles. The molecule has 0 bridgehead atoms. The maximum Gasteiger partial charge on any atom is 0.325 e. The number of sulfonamides is 1. The first-order valence-corrected chi connectivity index (χ1v) is 8.76. The largest absolute Gasteiger partial charge is 0.325 e. The highest BCUT2D eigenvalue weighted by Gasteiger charge is 2.21. The summed E-state index contributed by atoms with van der Waals surface area (Å²) in [5.74, 6) is 0. The second-order valence-corrected chi connectivity index (χ2v) is 7.57. The predicted molar refractivity (Wildman–Crippen MR) is 87.6 cm³/mol. The normalized spacial score (nSPS) is 11.3. The lowest BCUT2D eigenvalue weighted by Gasteiger charge is -2.08. The molecule has 0 spiro atoms. The van der Waals surface area contributed by atoms with E-state index in [1.54, 1.807) is 18.2 Å². The molecule has 1 aromatic carbocycles. The summed E-state index contributed by atoms with van der Waals surface area (Å²) >= 11 is 0.614. The molecule has 1 N–H and O–H groups in total. The van der Waals surface area contributed by atoms with Gasteiger partial charge in [-0.05, 0) is 47.7 Å². The third-order valence-corrected chi connectivity index (χ3v) is 5.92. The molecule has 7 nitrogen and oxygen atoms in total. The molecular formula is C14H11N3O4S2. The maximum absolute atomic E-state index is 12.3. The second kappa shape index (κ2) is 5.86. The molecule has 9 heteroatoms. The molecule has 0 fully saturated rings. The van der Waals surface area contributed by atoms with Crippen LogP contribution in [0.1, 0.15) is 0 Å². The van der Waals surface area contributed by atoms with E-state index in [1.807, 2.05) is 35.2 Å². The molecule has 0 aliphatic rings. The summed E-state index contributed by atoms with van der Waals surface area (Å²) < 4.78 is 28.8. The van der Waals surface area contributed by atoms with Gasteiger partial charge in [0.25, 0.3) is 10.0 Å². The Kier molecular flexibility index (Phi) is 3.89. The molecule has 23 heavy (non-hydrogen) atoms. The second-order valence-electron chi connectivity index (χ2n) is 4.60. The fourth-order valence-electron chi connectivity index (χ4n) is 2.00. The first-order chi connectivity index (χ1) is 11.0. The van der Waals surface area contributed by atoms with Gasteiger partial charge in [0.05, 0.1) is 10.6 Å². The standard InChI is InChI=1S/C14H11N3O4S2/c18-17(19)13-6-7-14(22-13)23(20,21)15-11-4-3-5-12(10-11)16-8-1-2-9-16/h1-10,15H. The summed E-state index contributed by atoms with van der Waals surface area (Å²) in [6.07, 6.45) is 3.69. The van der Waals surface area contributed by atoms with Crippen LogP contribution in [-0.4, -0.2) is 17.9 Å². The first-order valence-electron chi connectivity index (χ1n) is 6.46. The number of anilines is 1. The van der Waals surface area contributed by atoms with Crippen LogP contribution >= 0.6 is 11.3 Å². The zero-order chi connectivity index (χ0) is 16.4. The highest BCUT2D eigenvalue weighted by Crippen LogP contribution is 2.29. The van der Waals surface area contributed by atoms with E-state index in [0.29, 0.717) is 17.0 Å². The summed E-state index contributed by atoms with van der Waals surface area (Å²) in [4.78, 5) is 10.1. The number of benzene rings is 1. The van der Waals surface area contributed by atoms with Crippen molar-refractivity contribution in [2.24, 2.45) is 0 Å². The van der Waals surface area contributed by atoms with Crippen LogP contribution in [-0.2, 0) is 10.0 Å². The first kappa shape index (κ1) is 15.3. The lowest BCUT2D eigenvalue weighted by atomic mass is 10.3. The van der Waals surface area contributed by atoms with E-state index in [2.05, 4.69) is 4.72 Å². The van der Waals surface area contributed by atoms with Gasteiger partial charge in [-0.25, -0.2) is 8.42 Å². The van der Waals surface area contributed by atoms with Crippen LogP contribution in [0.4, 0.5) is 10.7 Å². The van der Waals surface area contributed by atoms with Crippen molar-refractivity contribution in [2.45, 2.75) is 4.21 Å². The fourth-order valence-corrected chi connectivity index (χ4v) is 4.15. The summed E-state index contributed by atoms with van der Waals surface area (Å²) in [5.41, 5.74) is 1.18. The zero-order valence-electron chi connectivity index (χ0n) is 11.6. The van der Waals surface area contributed by atoms with E-state index in [4.69, 9.17) is 0 Å². The Morgan fingerprint density at radius 1 is 1.09 bits per heavy atom. The third kappa shape index (κ3) is 3.25. The van der Waals surface area contributed by atoms with Gasteiger partial charge in [0.1, 0.15) is 4.21 Å². The Labute approximate surface area is 136 Å². The van der Waals surface area contributed by atoms with E-state index in [0.717, 1.165) is 5.69 Å². The molecule has 0 amide bonds. The average molecular weight is 349 g/mol. The van der Waals surface area contributed by atoms with Crippen molar-refractivity contribution in [3.63, 3.8) is 0 Å². The molecule has 0 saturated carbocycles. The average Bonchev–Trinajstić information content (AvgIpc) is 3.19. The molecule has 3 aromatic rings. The lowest BCUT2D eigenvalue weighted by Crippen LogP contribution is -2.11. The SMILES string of the molecule is O=[N+]([O-])c1ccc(S(=O)(=O)Nc2cccc(-n3cccc3)c2)s1. The minimum Gasteiger partial charge on any atom is -0.324 e. The van der Waals surface area contributed by atoms with Gasteiger partial charge in [-0.15, -0.1) is 0 Å². The number of rotatable bonds is 5. The Balaban J connectivity index is 1.88. The van der Waals surface area contributed by atoms with Gasteiger partial charge in [-0.2, -0.15) is 0 Å². The van der Waals surface area contributed by atoms with Gasteiger partial charge >= 0.3 is 5.00 Å². The minimum absolute atomic E-state index is 0.101. The van der Waals surface area contributed by atoms with Crippen LogP contribution in [0.25, 0.3) is 5.69 Å². The molecule has 118 valence electrons. The quantitative estimate of drug-likeness (QED) is 0.565. The van der Waals surface area contributed by atoms with E-state index in [1.165, 1.54) is 12.1 Å². The topological polar surface area (TPSA) is 94.2 Å². The zero-order valence-corrected chi connectivity index (χ0v) is 13.3. The van der Waals surface area contributed by atoms with Crippen LogP contribution in [0, 0.1) is 10.1 Å². The van der Waals surface area contributed by atoms with Crippen LogP contribution in [0.3, 0.4) is 0 Å². The van der Waals surface area contributed by atoms with Crippen LogP contribution in [0.15, 0.2) is 65.1 Å². The van der Waals surface area contributed by atoms with Crippen molar-refractivity contribution in [1.82, 2.24) is 4.57 Å². The minimum atomic E-state index is -3.86. The Hall–Kier alpha value is -2.65. The number of aromatic nitrogens is 1. The van der Waals surface area contributed by atoms with Crippen molar-refractivity contribution >= 4 is 32.0 Å². The van der Waals surface area contributed by atoms with Crippen LogP contribution < -0.4 is 4.72 Å². The smallest absolute Gasteiger partial charge is 0.324 e. The number of hydrogen-bond acceptors (Lipinski definition) is 5. The van der Waals surface area contributed by atoms with Gasteiger partial charge in [-0.3, -0.25) is 14.8 Å². The van der Waals surface area contributed by atoms with Gasteiger partial charge in [0.2, 0.25) is 0 Å². The Morgan fingerprint density at radius 3 is 2.48 bits per heavy atom. The monoisotopic (exact) mass is 349 g/mol. The summed E-state index contributed by atoms with van der Waals surface area (Å²) in [5, 5.41) is 10.5. The Bertz CT molecular complexity index is 946. The van der Waals surface area contributed by atoms with Crippen molar-refractivity contribution in [2.75, 3.05) is 4.72 Å². The number of nitro groups is 1. The summed E-state index contributed by atoms with van der Waals surface area (Å²) in [6, 6.07) is 13.0. The number of nitrogens with one attached hydrogen (secondary N) is 1. The van der Waals surface area contributed by atoms with E-state index in [-0.39, 0.29) is 9.21 Å². The van der Waals surface area contributed by atoms with Crippen molar-refractivity contribution in [1.29, 1.82) is 0 Å². The molecule has 2 heterocycles.